The molecule has 30 heavy (non-hydrogen) atoms. The van der Waals surface area contributed by atoms with Crippen molar-refractivity contribution in [2.75, 3.05) is 5.75 Å². The molecule has 1 aliphatic carbocycles. The predicted molar refractivity (Wildman–Crippen MR) is 120 cm³/mol. The smallest absolute Gasteiger partial charge is 0.253 e. The first-order chi connectivity index (χ1) is 14.5. The van der Waals surface area contributed by atoms with Crippen LogP contribution >= 0.6 is 11.8 Å². The second-order valence-corrected chi connectivity index (χ2v) is 9.16. The van der Waals surface area contributed by atoms with Gasteiger partial charge in [-0.05, 0) is 44.7 Å². The molecule has 2 aromatic heterocycles. The topological polar surface area (TPSA) is 72.2 Å². The second kappa shape index (κ2) is 9.16. The Hall–Kier alpha value is -2.41. The van der Waals surface area contributed by atoms with Gasteiger partial charge in [0.25, 0.3) is 5.78 Å². The van der Waals surface area contributed by atoms with Crippen LogP contribution in [0.3, 0.4) is 0 Å². The van der Waals surface area contributed by atoms with E-state index in [4.69, 9.17) is 0 Å². The van der Waals surface area contributed by atoms with Gasteiger partial charge in [-0.15, -0.1) is 5.10 Å². The van der Waals surface area contributed by atoms with Crippen LogP contribution < -0.4 is 5.32 Å². The van der Waals surface area contributed by atoms with Gasteiger partial charge < -0.3 is 5.32 Å². The third kappa shape index (κ3) is 4.83. The molecule has 7 heteroatoms. The van der Waals surface area contributed by atoms with Crippen LogP contribution in [-0.4, -0.2) is 37.3 Å². The van der Waals surface area contributed by atoms with Gasteiger partial charge in [-0.2, -0.15) is 4.98 Å². The Bertz CT molecular complexity index is 1040. The first kappa shape index (κ1) is 20.8. The average Bonchev–Trinajstić information content (AvgIpc) is 3.15. The largest absolute Gasteiger partial charge is 0.353 e. The molecule has 2 heterocycles. The number of rotatable bonds is 6. The van der Waals surface area contributed by atoms with Gasteiger partial charge in [-0.25, -0.2) is 9.50 Å². The molecule has 6 nitrogen and oxygen atoms in total. The van der Waals surface area contributed by atoms with Crippen molar-refractivity contribution in [3.05, 3.63) is 52.3 Å². The van der Waals surface area contributed by atoms with Crippen molar-refractivity contribution in [1.29, 1.82) is 0 Å². The third-order valence-electron chi connectivity index (χ3n) is 5.83. The van der Waals surface area contributed by atoms with Gasteiger partial charge in [0, 0.05) is 23.9 Å². The second-order valence-electron chi connectivity index (χ2n) is 8.22. The summed E-state index contributed by atoms with van der Waals surface area (Å²) in [6.45, 7) is 6.18. The van der Waals surface area contributed by atoms with E-state index in [9.17, 15) is 4.79 Å². The molecule has 1 amide bonds. The lowest BCUT2D eigenvalue weighted by molar-refractivity contribution is -0.119. The Kier molecular flexibility index (Phi) is 6.37. The number of carbonyl (C=O) groups is 1. The van der Waals surface area contributed by atoms with Gasteiger partial charge in [0.2, 0.25) is 11.1 Å². The Morgan fingerprint density at radius 1 is 1.10 bits per heavy atom. The fourth-order valence-corrected chi connectivity index (χ4v) is 4.69. The van der Waals surface area contributed by atoms with E-state index in [0.717, 1.165) is 30.7 Å². The van der Waals surface area contributed by atoms with Gasteiger partial charge in [0.05, 0.1) is 5.75 Å². The van der Waals surface area contributed by atoms with Crippen LogP contribution in [0.5, 0.6) is 0 Å². The summed E-state index contributed by atoms with van der Waals surface area (Å²) < 4.78 is 1.80. The summed E-state index contributed by atoms with van der Waals surface area (Å²) in [4.78, 5) is 21.5. The van der Waals surface area contributed by atoms with Crippen molar-refractivity contribution < 1.29 is 4.79 Å². The molecule has 0 saturated heterocycles. The number of thioether (sulfide) groups is 1. The van der Waals surface area contributed by atoms with E-state index in [1.54, 1.807) is 4.52 Å². The molecular formula is C23H29N5OS. The number of nitrogens with one attached hydrogen (secondary N) is 1. The number of benzene rings is 1. The summed E-state index contributed by atoms with van der Waals surface area (Å²) in [6, 6.07) is 8.91. The van der Waals surface area contributed by atoms with Crippen LogP contribution in [0, 0.1) is 20.8 Å². The lowest BCUT2D eigenvalue weighted by atomic mass is 9.95. The highest BCUT2D eigenvalue weighted by Crippen LogP contribution is 2.21. The third-order valence-corrected chi connectivity index (χ3v) is 6.67. The van der Waals surface area contributed by atoms with Gasteiger partial charge in [-0.3, -0.25) is 4.79 Å². The Morgan fingerprint density at radius 2 is 1.83 bits per heavy atom. The highest BCUT2D eigenvalue weighted by Gasteiger charge is 2.18. The maximum Gasteiger partial charge on any atom is 0.253 e. The molecular weight excluding hydrogens is 394 g/mol. The molecule has 0 bridgehead atoms. The first-order valence-corrected chi connectivity index (χ1v) is 11.7. The highest BCUT2D eigenvalue weighted by atomic mass is 32.2. The van der Waals surface area contributed by atoms with Crippen LogP contribution in [0.15, 0.2) is 29.4 Å². The highest BCUT2D eigenvalue weighted by molar-refractivity contribution is 7.99. The number of carbonyl (C=O) groups excluding carboxylic acids is 1. The van der Waals surface area contributed by atoms with Crippen molar-refractivity contribution in [3.63, 3.8) is 0 Å². The van der Waals surface area contributed by atoms with E-state index in [2.05, 4.69) is 58.5 Å². The van der Waals surface area contributed by atoms with E-state index >= 15 is 0 Å². The number of hydrogen-bond acceptors (Lipinski definition) is 5. The van der Waals surface area contributed by atoms with Crippen LogP contribution in [0.1, 0.15) is 60.2 Å². The molecule has 4 rings (SSSR count). The lowest BCUT2D eigenvalue weighted by Gasteiger charge is -2.22. The normalized spacial score (nSPS) is 14.9. The number of amides is 1. The molecule has 0 atom stereocenters. The fraction of sp³-hybridized carbons (Fsp3) is 0.478. The average molecular weight is 424 g/mol. The zero-order valence-electron chi connectivity index (χ0n) is 17.9. The molecule has 1 N–H and O–H groups in total. The molecule has 1 saturated carbocycles. The molecule has 0 unspecified atom stereocenters. The van der Waals surface area contributed by atoms with Crippen LogP contribution in [-0.2, 0) is 11.2 Å². The van der Waals surface area contributed by atoms with E-state index in [-0.39, 0.29) is 5.91 Å². The fourth-order valence-electron chi connectivity index (χ4n) is 4.06. The van der Waals surface area contributed by atoms with Crippen LogP contribution in [0.4, 0.5) is 0 Å². The number of aromatic nitrogens is 4. The number of aryl methyl sites for hydroxylation is 3. The summed E-state index contributed by atoms with van der Waals surface area (Å²) in [5.41, 5.74) is 5.69. The summed E-state index contributed by atoms with van der Waals surface area (Å²) in [7, 11) is 0. The van der Waals surface area contributed by atoms with Gasteiger partial charge in [0.1, 0.15) is 0 Å². The standard InChI is InChI=1S/C23H29N5OS/c1-15-9-11-18(12-10-15)13-20-16(2)24-22-26-23(27-28(22)17(20)3)30-14-21(29)25-19-7-5-4-6-8-19/h9-12,19H,4-8,13-14H2,1-3H3,(H,25,29). The molecule has 1 aliphatic rings. The summed E-state index contributed by atoms with van der Waals surface area (Å²) in [5, 5.41) is 8.35. The molecule has 158 valence electrons. The Labute approximate surface area is 181 Å². The number of nitrogens with zero attached hydrogens (tertiary/aromatic N) is 4. The van der Waals surface area contributed by atoms with E-state index < -0.39 is 0 Å². The predicted octanol–water partition coefficient (Wildman–Crippen LogP) is 4.18. The maximum atomic E-state index is 12.3. The Morgan fingerprint density at radius 3 is 2.57 bits per heavy atom. The van der Waals surface area contributed by atoms with Crippen molar-refractivity contribution in [3.8, 4) is 0 Å². The van der Waals surface area contributed by atoms with E-state index in [1.807, 2.05) is 6.92 Å². The number of fused-ring (bicyclic) bond motifs is 1. The summed E-state index contributed by atoms with van der Waals surface area (Å²) >= 11 is 1.37. The van der Waals surface area contributed by atoms with Crippen LogP contribution in [0.2, 0.25) is 0 Å². The summed E-state index contributed by atoms with van der Waals surface area (Å²) in [6.07, 6.45) is 6.70. The van der Waals surface area contributed by atoms with Crippen molar-refractivity contribution in [2.24, 2.45) is 0 Å². The quantitative estimate of drug-likeness (QED) is 0.602. The van der Waals surface area contributed by atoms with Gasteiger partial charge >= 0.3 is 0 Å². The lowest BCUT2D eigenvalue weighted by Crippen LogP contribution is -2.37. The van der Waals surface area contributed by atoms with Gasteiger partial charge in [-0.1, -0.05) is 60.9 Å². The SMILES string of the molecule is Cc1ccc(Cc2c(C)nc3nc(SCC(=O)NC4CCCCC4)nn3c2C)cc1. The van der Waals surface area contributed by atoms with Gasteiger partial charge in [0.15, 0.2) is 0 Å². The van der Waals surface area contributed by atoms with Crippen molar-refractivity contribution in [1.82, 2.24) is 24.9 Å². The first-order valence-electron chi connectivity index (χ1n) is 10.7. The maximum absolute atomic E-state index is 12.3. The van der Waals surface area contributed by atoms with Crippen molar-refractivity contribution in [2.45, 2.75) is 70.5 Å². The summed E-state index contributed by atoms with van der Waals surface area (Å²) in [5.74, 6) is 0.987. The minimum Gasteiger partial charge on any atom is -0.353 e. The zero-order chi connectivity index (χ0) is 21.1. The van der Waals surface area contributed by atoms with E-state index in [0.29, 0.717) is 22.7 Å². The monoisotopic (exact) mass is 423 g/mol. The molecule has 1 fully saturated rings. The van der Waals surface area contributed by atoms with Crippen LogP contribution in [0.25, 0.3) is 5.78 Å². The minimum atomic E-state index is 0.0617. The number of hydrogen-bond donors (Lipinski definition) is 1. The molecule has 1 aromatic carbocycles. The molecule has 0 radical (unpaired) electrons. The molecule has 0 spiro atoms. The van der Waals surface area contributed by atoms with E-state index in [1.165, 1.54) is 47.7 Å². The Balaban J connectivity index is 1.46. The zero-order valence-corrected chi connectivity index (χ0v) is 18.8. The van der Waals surface area contributed by atoms with Crippen molar-refractivity contribution >= 4 is 23.4 Å². The minimum absolute atomic E-state index is 0.0617. The molecule has 0 aliphatic heterocycles. The molecule has 3 aromatic rings.